The topological polar surface area (TPSA) is 130 Å². The molecule has 0 saturated carbocycles. The third kappa shape index (κ3) is 8.49. The first-order valence-electron chi connectivity index (χ1n) is 13.3. The van der Waals surface area contributed by atoms with E-state index in [0.29, 0.717) is 48.4 Å². The van der Waals surface area contributed by atoms with Crippen molar-refractivity contribution in [3.63, 3.8) is 0 Å². The summed E-state index contributed by atoms with van der Waals surface area (Å²) in [5.41, 5.74) is 4.07. The number of hydrogen-bond donors (Lipinski definition) is 3. The van der Waals surface area contributed by atoms with Crippen molar-refractivity contribution in [2.45, 2.75) is 25.9 Å². The van der Waals surface area contributed by atoms with Crippen molar-refractivity contribution < 1.29 is 14.2 Å². The molecule has 3 N–H and O–H groups in total. The Morgan fingerprint density at radius 1 is 1.13 bits per heavy atom. The van der Waals surface area contributed by atoms with Gasteiger partial charge < -0.3 is 30.3 Å². The molecule has 4 heterocycles. The van der Waals surface area contributed by atoms with E-state index in [1.807, 2.05) is 30.5 Å². The molecule has 1 aliphatic heterocycles. The molecule has 208 valence electrons. The summed E-state index contributed by atoms with van der Waals surface area (Å²) in [6.07, 6.45) is 6.65. The van der Waals surface area contributed by atoms with E-state index in [0.717, 1.165) is 49.5 Å². The van der Waals surface area contributed by atoms with Gasteiger partial charge in [0.25, 0.3) is 0 Å². The lowest BCUT2D eigenvalue weighted by Gasteiger charge is -2.30. The van der Waals surface area contributed by atoms with Gasteiger partial charge in [0.05, 0.1) is 49.8 Å². The molecule has 0 aromatic carbocycles. The Morgan fingerprint density at radius 3 is 2.74 bits per heavy atom. The minimum absolute atomic E-state index is 0.0243. The van der Waals surface area contributed by atoms with Gasteiger partial charge >= 0.3 is 0 Å². The fourth-order valence-electron chi connectivity index (χ4n) is 4.18. The lowest BCUT2D eigenvalue weighted by Crippen LogP contribution is -2.44. The number of nitrogens with zero attached hydrogens (tertiary/aromatic N) is 5. The zero-order chi connectivity index (χ0) is 27.5. The Bertz CT molecular complexity index is 1250. The molecule has 1 unspecified atom stereocenters. The standard InChI is InChI=1S/C28H38N8O3/c1-20(2)21-13-28(35-32-17-21)34-27-5-4-25-26(33-27)12-22(16-31-25)23(14-29)15-30-18-24(39-11-10-37-3)19-36-6-8-38-9-7-36/h4-5,12-17,20,24,29-30H,6-11,18-19H2,1-3H3,(H,33,34,35)/b23-15+,29-14?. The van der Waals surface area contributed by atoms with Crippen LogP contribution in [0.25, 0.3) is 16.6 Å². The van der Waals surface area contributed by atoms with E-state index in [1.54, 1.807) is 19.5 Å². The van der Waals surface area contributed by atoms with Crippen molar-refractivity contribution in [1.29, 1.82) is 5.41 Å². The molecule has 1 saturated heterocycles. The predicted octanol–water partition coefficient (Wildman–Crippen LogP) is 3.23. The summed E-state index contributed by atoms with van der Waals surface area (Å²) in [6.45, 7) is 9.98. The van der Waals surface area contributed by atoms with Crippen molar-refractivity contribution in [3.8, 4) is 0 Å². The Labute approximate surface area is 229 Å². The first-order valence-corrected chi connectivity index (χ1v) is 13.3. The van der Waals surface area contributed by atoms with Gasteiger partial charge in [0.15, 0.2) is 5.82 Å². The number of aromatic nitrogens is 4. The second-order valence-corrected chi connectivity index (χ2v) is 9.66. The highest BCUT2D eigenvalue weighted by Crippen LogP contribution is 2.21. The number of hydrogen-bond acceptors (Lipinski definition) is 11. The van der Waals surface area contributed by atoms with Gasteiger partial charge in [-0.1, -0.05) is 13.8 Å². The van der Waals surface area contributed by atoms with Gasteiger partial charge in [0.2, 0.25) is 0 Å². The first kappa shape index (κ1) is 28.5. The fourth-order valence-corrected chi connectivity index (χ4v) is 4.18. The molecule has 11 heteroatoms. The van der Waals surface area contributed by atoms with Crippen LogP contribution in [0.1, 0.15) is 30.9 Å². The SMILES string of the molecule is COCCOC(CN/C=C(\C=N)c1cnc2ccc(Nc3cc(C(C)C)cnn3)nc2c1)CN1CCOCC1. The van der Waals surface area contributed by atoms with Crippen LogP contribution in [0, 0.1) is 5.41 Å². The zero-order valence-corrected chi connectivity index (χ0v) is 22.9. The summed E-state index contributed by atoms with van der Waals surface area (Å²) < 4.78 is 16.7. The van der Waals surface area contributed by atoms with Crippen LogP contribution in [0.3, 0.4) is 0 Å². The molecule has 0 aliphatic carbocycles. The third-order valence-corrected chi connectivity index (χ3v) is 6.43. The van der Waals surface area contributed by atoms with Gasteiger partial charge in [-0.3, -0.25) is 9.88 Å². The molecule has 3 aromatic rings. The lowest BCUT2D eigenvalue weighted by atomic mass is 10.1. The van der Waals surface area contributed by atoms with E-state index >= 15 is 0 Å². The van der Waals surface area contributed by atoms with Crippen LogP contribution in [0.5, 0.6) is 0 Å². The maximum Gasteiger partial charge on any atom is 0.154 e. The molecule has 11 nitrogen and oxygen atoms in total. The first-order chi connectivity index (χ1) is 19.1. The molecule has 0 radical (unpaired) electrons. The summed E-state index contributed by atoms with van der Waals surface area (Å²) in [4.78, 5) is 11.6. The Hall–Kier alpha value is -3.51. The molecule has 1 fully saturated rings. The quantitative estimate of drug-likeness (QED) is 0.209. The highest BCUT2D eigenvalue weighted by atomic mass is 16.5. The second-order valence-electron chi connectivity index (χ2n) is 9.66. The maximum atomic E-state index is 8.00. The minimum atomic E-state index is -0.0243. The number of ether oxygens (including phenoxy) is 3. The number of methoxy groups -OCH3 is 1. The largest absolute Gasteiger partial charge is 0.388 e. The number of pyridine rings is 2. The van der Waals surface area contributed by atoms with Crippen molar-refractivity contribution >= 4 is 34.5 Å². The van der Waals surface area contributed by atoms with E-state index in [1.165, 1.54) is 6.21 Å². The molecule has 0 amide bonds. The summed E-state index contributed by atoms with van der Waals surface area (Å²) in [7, 11) is 1.67. The normalized spacial score (nSPS) is 15.4. The summed E-state index contributed by atoms with van der Waals surface area (Å²) in [5, 5.41) is 22.8. The lowest BCUT2D eigenvalue weighted by molar-refractivity contribution is -0.0229. The number of nitrogens with one attached hydrogen (secondary N) is 3. The number of anilines is 2. The van der Waals surface area contributed by atoms with E-state index in [2.05, 4.69) is 44.6 Å². The van der Waals surface area contributed by atoms with Crippen LogP contribution in [-0.4, -0.2) is 97.1 Å². The van der Waals surface area contributed by atoms with Gasteiger partial charge in [-0.2, -0.15) is 5.10 Å². The van der Waals surface area contributed by atoms with Gasteiger partial charge in [-0.05, 0) is 35.7 Å². The van der Waals surface area contributed by atoms with Gasteiger partial charge in [0.1, 0.15) is 5.82 Å². The number of allylic oxidation sites excluding steroid dienone is 1. The average molecular weight is 535 g/mol. The Balaban J connectivity index is 1.44. The molecular weight excluding hydrogens is 496 g/mol. The second kappa shape index (κ2) is 14.6. The van der Waals surface area contributed by atoms with E-state index in [4.69, 9.17) is 24.6 Å². The van der Waals surface area contributed by atoms with Crippen LogP contribution >= 0.6 is 0 Å². The number of rotatable bonds is 14. The van der Waals surface area contributed by atoms with Crippen LogP contribution in [0.4, 0.5) is 11.6 Å². The Morgan fingerprint density at radius 2 is 1.97 bits per heavy atom. The van der Waals surface area contributed by atoms with Gasteiger partial charge in [-0.15, -0.1) is 5.10 Å². The molecule has 39 heavy (non-hydrogen) atoms. The van der Waals surface area contributed by atoms with Crippen LogP contribution in [0.2, 0.25) is 0 Å². The Kier molecular flexibility index (Phi) is 10.7. The molecule has 0 spiro atoms. The summed E-state index contributed by atoms with van der Waals surface area (Å²) >= 11 is 0. The minimum Gasteiger partial charge on any atom is -0.388 e. The summed E-state index contributed by atoms with van der Waals surface area (Å²) in [5.74, 6) is 1.64. The van der Waals surface area contributed by atoms with Crippen LogP contribution < -0.4 is 10.6 Å². The molecule has 3 aromatic heterocycles. The van der Waals surface area contributed by atoms with Gasteiger partial charge in [0, 0.05) is 63.0 Å². The molecular formula is C28H38N8O3. The van der Waals surface area contributed by atoms with Crippen LogP contribution in [-0.2, 0) is 14.2 Å². The number of fused-ring (bicyclic) bond motifs is 1. The maximum absolute atomic E-state index is 8.00. The van der Waals surface area contributed by atoms with E-state index in [9.17, 15) is 0 Å². The van der Waals surface area contributed by atoms with Crippen LogP contribution in [0.15, 0.2) is 42.9 Å². The molecule has 0 bridgehead atoms. The average Bonchev–Trinajstić information content (AvgIpc) is 2.95. The highest BCUT2D eigenvalue weighted by Gasteiger charge is 2.17. The third-order valence-electron chi connectivity index (χ3n) is 6.43. The smallest absolute Gasteiger partial charge is 0.154 e. The number of morpholine rings is 1. The molecule has 1 aliphatic rings. The van der Waals surface area contributed by atoms with Crippen molar-refractivity contribution in [2.24, 2.45) is 0 Å². The van der Waals surface area contributed by atoms with E-state index in [-0.39, 0.29) is 6.10 Å². The monoisotopic (exact) mass is 534 g/mol. The highest BCUT2D eigenvalue weighted by molar-refractivity contribution is 6.08. The van der Waals surface area contributed by atoms with Crippen molar-refractivity contribution in [3.05, 3.63) is 54.0 Å². The predicted molar refractivity (Wildman–Crippen MR) is 153 cm³/mol. The molecule has 4 rings (SSSR count). The summed E-state index contributed by atoms with van der Waals surface area (Å²) in [6, 6.07) is 7.69. The fraction of sp³-hybridized carbons (Fsp3) is 0.464. The van der Waals surface area contributed by atoms with Crippen molar-refractivity contribution in [1.82, 2.24) is 30.4 Å². The van der Waals surface area contributed by atoms with Crippen molar-refractivity contribution in [2.75, 3.05) is 65.0 Å². The van der Waals surface area contributed by atoms with E-state index < -0.39 is 0 Å². The molecule has 1 atom stereocenters. The zero-order valence-electron chi connectivity index (χ0n) is 22.9. The van der Waals surface area contributed by atoms with Gasteiger partial charge in [-0.25, -0.2) is 4.98 Å².